The van der Waals surface area contributed by atoms with Crippen LogP contribution < -0.4 is 4.72 Å². The van der Waals surface area contributed by atoms with E-state index in [1.807, 2.05) is 6.92 Å². The fourth-order valence-electron chi connectivity index (χ4n) is 1.69. The predicted octanol–water partition coefficient (Wildman–Crippen LogP) is 1.62. The molecule has 0 aliphatic carbocycles. The summed E-state index contributed by atoms with van der Waals surface area (Å²) in [6, 6.07) is 0. The molecule has 1 aliphatic rings. The van der Waals surface area contributed by atoms with Crippen molar-refractivity contribution in [3.8, 4) is 0 Å². The SMILES string of the molecule is CCCC(=O)NSC(CC)N1CCOCC1. The molecule has 16 heavy (non-hydrogen) atoms. The molecule has 5 heteroatoms. The van der Waals surface area contributed by atoms with Gasteiger partial charge in [-0.1, -0.05) is 13.8 Å². The lowest BCUT2D eigenvalue weighted by Crippen LogP contribution is -2.43. The molecule has 4 nitrogen and oxygen atoms in total. The largest absolute Gasteiger partial charge is 0.379 e. The highest BCUT2D eigenvalue weighted by molar-refractivity contribution is 7.98. The van der Waals surface area contributed by atoms with Gasteiger partial charge in [0.25, 0.3) is 0 Å². The number of carbonyl (C=O) groups is 1. The van der Waals surface area contributed by atoms with Gasteiger partial charge < -0.3 is 4.74 Å². The van der Waals surface area contributed by atoms with Gasteiger partial charge in [-0.25, -0.2) is 0 Å². The maximum absolute atomic E-state index is 11.4. The number of carbonyl (C=O) groups excluding carboxylic acids is 1. The van der Waals surface area contributed by atoms with E-state index in [9.17, 15) is 4.79 Å². The Morgan fingerprint density at radius 3 is 2.69 bits per heavy atom. The topological polar surface area (TPSA) is 41.6 Å². The molecule has 1 saturated heterocycles. The maximum atomic E-state index is 11.4. The normalized spacial score (nSPS) is 19.4. The number of amides is 1. The number of morpholine rings is 1. The average Bonchev–Trinajstić information content (AvgIpc) is 2.31. The van der Waals surface area contributed by atoms with Gasteiger partial charge in [-0.15, -0.1) is 0 Å². The van der Waals surface area contributed by atoms with E-state index < -0.39 is 0 Å². The summed E-state index contributed by atoms with van der Waals surface area (Å²) in [5.74, 6) is 0.138. The minimum Gasteiger partial charge on any atom is -0.379 e. The standard InChI is InChI=1S/C11H22N2O2S/c1-3-5-10(14)12-16-11(4-2)13-6-8-15-9-7-13/h11H,3-9H2,1-2H3,(H,12,14). The maximum Gasteiger partial charge on any atom is 0.229 e. The molecule has 94 valence electrons. The zero-order chi connectivity index (χ0) is 11.8. The van der Waals surface area contributed by atoms with Crippen LogP contribution in [0.3, 0.4) is 0 Å². The predicted molar refractivity (Wildman–Crippen MR) is 67.1 cm³/mol. The van der Waals surface area contributed by atoms with Gasteiger partial charge in [0.2, 0.25) is 5.91 Å². The number of hydrogen-bond acceptors (Lipinski definition) is 4. The zero-order valence-corrected chi connectivity index (χ0v) is 11.0. The summed E-state index contributed by atoms with van der Waals surface area (Å²) < 4.78 is 8.25. The minimum absolute atomic E-state index is 0.138. The Morgan fingerprint density at radius 1 is 1.44 bits per heavy atom. The second kappa shape index (κ2) is 7.92. The van der Waals surface area contributed by atoms with Crippen LogP contribution in [0.2, 0.25) is 0 Å². The summed E-state index contributed by atoms with van der Waals surface area (Å²) in [5, 5.41) is 0.379. The molecule has 1 atom stereocenters. The molecule has 1 unspecified atom stereocenters. The van der Waals surface area contributed by atoms with E-state index in [4.69, 9.17) is 4.74 Å². The molecule has 1 aliphatic heterocycles. The van der Waals surface area contributed by atoms with Crippen LogP contribution in [0.15, 0.2) is 0 Å². The van der Waals surface area contributed by atoms with Crippen molar-refractivity contribution in [1.82, 2.24) is 9.62 Å². The number of ether oxygens (including phenoxy) is 1. The zero-order valence-electron chi connectivity index (χ0n) is 10.2. The van der Waals surface area contributed by atoms with E-state index in [2.05, 4.69) is 16.5 Å². The molecular weight excluding hydrogens is 224 g/mol. The molecule has 0 aromatic heterocycles. The molecule has 0 aromatic rings. The van der Waals surface area contributed by atoms with Crippen LogP contribution in [0.4, 0.5) is 0 Å². The minimum atomic E-state index is 0.138. The Bertz CT molecular complexity index is 208. The van der Waals surface area contributed by atoms with E-state index in [0.717, 1.165) is 39.1 Å². The highest BCUT2D eigenvalue weighted by Gasteiger charge is 2.20. The fraction of sp³-hybridized carbons (Fsp3) is 0.909. The van der Waals surface area contributed by atoms with Gasteiger partial charge in [0.1, 0.15) is 0 Å². The highest BCUT2D eigenvalue weighted by Crippen LogP contribution is 2.17. The number of rotatable bonds is 6. The van der Waals surface area contributed by atoms with Crippen LogP contribution in [0.1, 0.15) is 33.1 Å². The summed E-state index contributed by atoms with van der Waals surface area (Å²) in [6.07, 6.45) is 2.56. The monoisotopic (exact) mass is 246 g/mol. The molecule has 1 fully saturated rings. The van der Waals surface area contributed by atoms with Gasteiger partial charge in [-0.05, 0) is 24.8 Å². The Morgan fingerprint density at radius 2 is 2.12 bits per heavy atom. The van der Waals surface area contributed by atoms with Crippen molar-refractivity contribution < 1.29 is 9.53 Å². The molecule has 0 saturated carbocycles. The van der Waals surface area contributed by atoms with E-state index >= 15 is 0 Å². The molecule has 1 N–H and O–H groups in total. The van der Waals surface area contributed by atoms with Crippen LogP contribution in [0.5, 0.6) is 0 Å². The Labute approximate surface area is 102 Å². The number of nitrogens with one attached hydrogen (secondary N) is 1. The van der Waals surface area contributed by atoms with Gasteiger partial charge in [-0.3, -0.25) is 14.4 Å². The van der Waals surface area contributed by atoms with Crippen molar-refractivity contribution in [3.63, 3.8) is 0 Å². The van der Waals surface area contributed by atoms with Crippen molar-refractivity contribution in [2.24, 2.45) is 0 Å². The second-order valence-corrected chi connectivity index (χ2v) is 4.89. The van der Waals surface area contributed by atoms with Crippen molar-refractivity contribution in [1.29, 1.82) is 0 Å². The van der Waals surface area contributed by atoms with Gasteiger partial charge in [0.15, 0.2) is 0 Å². The molecule has 1 rings (SSSR count). The van der Waals surface area contributed by atoms with E-state index in [-0.39, 0.29) is 5.91 Å². The van der Waals surface area contributed by atoms with Crippen LogP contribution in [0.25, 0.3) is 0 Å². The van der Waals surface area contributed by atoms with Crippen molar-refractivity contribution >= 4 is 17.9 Å². The van der Waals surface area contributed by atoms with Crippen LogP contribution in [0, 0.1) is 0 Å². The van der Waals surface area contributed by atoms with Gasteiger partial charge in [0, 0.05) is 19.5 Å². The summed E-state index contributed by atoms with van der Waals surface area (Å²) >= 11 is 1.55. The lowest BCUT2D eigenvalue weighted by Gasteiger charge is -2.33. The first kappa shape index (κ1) is 13.8. The van der Waals surface area contributed by atoms with Crippen molar-refractivity contribution in [2.75, 3.05) is 26.3 Å². The van der Waals surface area contributed by atoms with Crippen molar-refractivity contribution in [2.45, 2.75) is 38.5 Å². The van der Waals surface area contributed by atoms with E-state index in [0.29, 0.717) is 11.8 Å². The van der Waals surface area contributed by atoms with Crippen LogP contribution in [-0.2, 0) is 9.53 Å². The Balaban J connectivity index is 2.27. The number of nitrogens with zero attached hydrogens (tertiary/aromatic N) is 1. The Hall–Kier alpha value is -0.260. The molecule has 0 aromatic carbocycles. The third-order valence-corrected chi connectivity index (χ3v) is 3.84. The van der Waals surface area contributed by atoms with Gasteiger partial charge in [-0.2, -0.15) is 0 Å². The van der Waals surface area contributed by atoms with E-state index in [1.165, 1.54) is 0 Å². The van der Waals surface area contributed by atoms with Gasteiger partial charge in [0.05, 0.1) is 18.6 Å². The van der Waals surface area contributed by atoms with Gasteiger partial charge >= 0.3 is 0 Å². The Kier molecular flexibility index (Phi) is 6.84. The van der Waals surface area contributed by atoms with Crippen molar-refractivity contribution in [3.05, 3.63) is 0 Å². The smallest absolute Gasteiger partial charge is 0.229 e. The lowest BCUT2D eigenvalue weighted by molar-refractivity contribution is -0.119. The molecular formula is C11H22N2O2S. The fourth-order valence-corrected chi connectivity index (χ4v) is 2.59. The first-order valence-corrected chi connectivity index (χ1v) is 6.92. The second-order valence-electron chi connectivity index (χ2n) is 3.90. The molecule has 1 heterocycles. The summed E-state index contributed by atoms with van der Waals surface area (Å²) in [5.41, 5.74) is 0. The molecule has 0 radical (unpaired) electrons. The van der Waals surface area contributed by atoms with Crippen LogP contribution in [-0.4, -0.2) is 42.5 Å². The average molecular weight is 246 g/mol. The molecule has 0 bridgehead atoms. The summed E-state index contributed by atoms with van der Waals surface area (Å²) in [6.45, 7) is 7.72. The number of hydrogen-bond donors (Lipinski definition) is 1. The third kappa shape index (κ3) is 4.72. The first-order valence-electron chi connectivity index (χ1n) is 6.04. The van der Waals surface area contributed by atoms with Crippen LogP contribution >= 0.6 is 11.9 Å². The molecule has 0 spiro atoms. The lowest BCUT2D eigenvalue weighted by atomic mass is 10.3. The first-order chi connectivity index (χ1) is 7.77. The molecule has 1 amide bonds. The summed E-state index contributed by atoms with van der Waals surface area (Å²) in [7, 11) is 0. The highest BCUT2D eigenvalue weighted by atomic mass is 32.2. The van der Waals surface area contributed by atoms with E-state index in [1.54, 1.807) is 11.9 Å². The quantitative estimate of drug-likeness (QED) is 0.723. The third-order valence-electron chi connectivity index (χ3n) is 2.59. The summed E-state index contributed by atoms with van der Waals surface area (Å²) in [4.78, 5) is 13.7.